The Balaban J connectivity index is 1.08. The largest absolute Gasteiger partial charge is 0.238 e. The van der Waals surface area contributed by atoms with Gasteiger partial charge in [-0.3, -0.25) is 0 Å². The molecule has 1 aliphatic rings. The number of aromatic nitrogens is 3. The van der Waals surface area contributed by atoms with Crippen LogP contribution >= 0.6 is 0 Å². The number of hydrogen-bond donors (Lipinski definition) is 0. The fourth-order valence-corrected chi connectivity index (χ4v) is 6.60. The Kier molecular flexibility index (Phi) is 7.19. The highest BCUT2D eigenvalue weighted by atomic mass is 19.1. The molecule has 0 amide bonds. The average Bonchev–Trinajstić information content (AvgIpc) is 3.37. The van der Waals surface area contributed by atoms with Crippen LogP contribution in [-0.4, -0.2) is 15.0 Å². The van der Waals surface area contributed by atoms with Crippen molar-refractivity contribution in [2.24, 2.45) is 0 Å². The number of benzene rings is 6. The van der Waals surface area contributed by atoms with E-state index in [9.17, 15) is 8.78 Å². The Morgan fingerprint density at radius 3 is 1.24 bits per heavy atom. The number of nitrogens with zero attached hydrogens (tertiary/aromatic N) is 4. The second kappa shape index (κ2) is 11.7. The van der Waals surface area contributed by atoms with Gasteiger partial charge < -0.3 is 0 Å². The van der Waals surface area contributed by atoms with Crippen LogP contribution in [0.2, 0.25) is 0 Å². The first-order valence-corrected chi connectivity index (χ1v) is 15.9. The molecule has 1 aliphatic carbocycles. The molecule has 49 heavy (non-hydrogen) atoms. The lowest BCUT2D eigenvalue weighted by Gasteiger charge is -2.22. The lowest BCUT2D eigenvalue weighted by molar-refractivity contribution is 0.627. The van der Waals surface area contributed by atoms with E-state index in [4.69, 9.17) is 16.5 Å². The van der Waals surface area contributed by atoms with Gasteiger partial charge in [0.25, 0.3) is 0 Å². The third-order valence-electron chi connectivity index (χ3n) is 9.32. The molecule has 0 atom stereocenters. The number of fused-ring (bicyclic) bond motifs is 3. The number of hydrogen-bond acceptors (Lipinski definition) is 3. The lowest BCUT2D eigenvalue weighted by atomic mass is 9.81. The molecule has 6 aromatic carbocycles. The fourth-order valence-electron chi connectivity index (χ4n) is 6.60. The highest BCUT2D eigenvalue weighted by Gasteiger charge is 2.35. The van der Waals surface area contributed by atoms with Crippen LogP contribution in [0.5, 0.6) is 0 Å². The molecule has 0 fully saturated rings. The first-order valence-electron chi connectivity index (χ1n) is 15.9. The predicted molar refractivity (Wildman–Crippen MR) is 191 cm³/mol. The van der Waals surface area contributed by atoms with Crippen molar-refractivity contribution in [3.63, 3.8) is 0 Å². The molecule has 1 aromatic heterocycles. The monoisotopic (exact) mass is 638 g/mol. The Labute approximate surface area is 283 Å². The molecule has 0 radical (unpaired) electrons. The van der Waals surface area contributed by atoms with Crippen LogP contribution in [0.3, 0.4) is 0 Å². The summed E-state index contributed by atoms with van der Waals surface area (Å²) in [6.07, 6.45) is 0. The second-order valence-electron chi connectivity index (χ2n) is 12.7. The van der Waals surface area contributed by atoms with Crippen LogP contribution in [0, 0.1) is 18.2 Å². The summed E-state index contributed by atoms with van der Waals surface area (Å²) in [6.45, 7) is 11.9. The van der Waals surface area contributed by atoms with Crippen LogP contribution in [-0.2, 0) is 5.41 Å². The van der Waals surface area contributed by atoms with E-state index in [0.29, 0.717) is 34.3 Å². The van der Waals surface area contributed by atoms with Crippen LogP contribution < -0.4 is 0 Å². The van der Waals surface area contributed by atoms with Gasteiger partial charge in [0, 0.05) is 22.1 Å². The van der Waals surface area contributed by atoms with E-state index in [1.165, 1.54) is 46.5 Å². The maximum Gasteiger partial charge on any atom is 0.187 e. The van der Waals surface area contributed by atoms with Crippen molar-refractivity contribution in [2.45, 2.75) is 19.3 Å². The van der Waals surface area contributed by atoms with Gasteiger partial charge in [0.2, 0.25) is 0 Å². The van der Waals surface area contributed by atoms with Gasteiger partial charge in [0.05, 0.1) is 6.57 Å². The van der Waals surface area contributed by atoms with Crippen molar-refractivity contribution < 1.29 is 8.78 Å². The van der Waals surface area contributed by atoms with Gasteiger partial charge >= 0.3 is 0 Å². The summed E-state index contributed by atoms with van der Waals surface area (Å²) >= 11 is 0. The summed E-state index contributed by atoms with van der Waals surface area (Å²) in [6, 6.07) is 41.2. The molecule has 0 unspecified atom stereocenters. The zero-order valence-electron chi connectivity index (χ0n) is 26.7. The fraction of sp³-hybridized carbons (Fsp3) is 0.0698. The van der Waals surface area contributed by atoms with Crippen molar-refractivity contribution in [3.8, 4) is 67.5 Å². The van der Waals surface area contributed by atoms with E-state index in [-0.39, 0.29) is 17.0 Å². The molecule has 4 nitrogen and oxygen atoms in total. The summed E-state index contributed by atoms with van der Waals surface area (Å²) in [5.41, 5.74) is 11.9. The minimum absolute atomic E-state index is 0.193. The van der Waals surface area contributed by atoms with Crippen molar-refractivity contribution in [1.29, 1.82) is 0 Å². The van der Waals surface area contributed by atoms with Crippen LogP contribution in [0.1, 0.15) is 25.0 Å². The molecular formula is C43H28F2N4. The molecule has 0 saturated carbocycles. The summed E-state index contributed by atoms with van der Waals surface area (Å²) < 4.78 is 27.3. The van der Waals surface area contributed by atoms with Crippen LogP contribution in [0.4, 0.5) is 14.5 Å². The predicted octanol–water partition coefficient (Wildman–Crippen LogP) is 11.3. The highest BCUT2D eigenvalue weighted by Crippen LogP contribution is 2.50. The van der Waals surface area contributed by atoms with Gasteiger partial charge in [-0.1, -0.05) is 92.7 Å². The highest BCUT2D eigenvalue weighted by molar-refractivity contribution is 5.85. The Morgan fingerprint density at radius 1 is 0.449 bits per heavy atom. The lowest BCUT2D eigenvalue weighted by Crippen LogP contribution is -2.14. The zero-order chi connectivity index (χ0) is 33.7. The molecule has 6 heteroatoms. The smallest absolute Gasteiger partial charge is 0.187 e. The van der Waals surface area contributed by atoms with E-state index >= 15 is 0 Å². The van der Waals surface area contributed by atoms with Gasteiger partial charge in [-0.05, 0) is 99.1 Å². The SMILES string of the molecule is [C-]#[N+]c1ccc2c(c1)C(C)(C)c1cc(-c3ccc(-c4ccc(-c5nc(-c6ccc(F)cc6)nc(-c6ccc(F)cc6)n5)cc4)cc3)ccc1-2. The summed E-state index contributed by atoms with van der Waals surface area (Å²) in [7, 11) is 0. The van der Waals surface area contributed by atoms with Gasteiger partial charge in [-0.25, -0.2) is 28.6 Å². The summed E-state index contributed by atoms with van der Waals surface area (Å²) in [4.78, 5) is 17.7. The molecule has 0 spiro atoms. The Hall–Kier alpha value is -6.32. The van der Waals surface area contributed by atoms with E-state index in [1.807, 2.05) is 36.4 Å². The molecule has 0 N–H and O–H groups in total. The molecule has 7 aromatic rings. The molecule has 0 aliphatic heterocycles. The molecule has 1 heterocycles. The normalized spacial score (nSPS) is 12.6. The summed E-state index contributed by atoms with van der Waals surface area (Å²) in [5, 5.41) is 0. The molecule has 0 saturated heterocycles. The van der Waals surface area contributed by atoms with Crippen molar-refractivity contribution in [2.75, 3.05) is 0 Å². The summed E-state index contributed by atoms with van der Waals surface area (Å²) in [5.74, 6) is 0.563. The minimum Gasteiger partial charge on any atom is -0.238 e. The maximum atomic E-state index is 13.7. The van der Waals surface area contributed by atoms with E-state index in [0.717, 1.165) is 27.8 Å². The third-order valence-corrected chi connectivity index (χ3v) is 9.32. The first-order chi connectivity index (χ1) is 23.8. The van der Waals surface area contributed by atoms with E-state index < -0.39 is 0 Å². The average molecular weight is 639 g/mol. The van der Waals surface area contributed by atoms with Gasteiger partial charge in [0.1, 0.15) is 11.6 Å². The number of halogens is 2. The maximum absolute atomic E-state index is 13.7. The molecule has 8 rings (SSSR count). The van der Waals surface area contributed by atoms with Crippen molar-refractivity contribution in [1.82, 2.24) is 15.0 Å². The molecule has 234 valence electrons. The zero-order valence-corrected chi connectivity index (χ0v) is 26.7. The molecular weight excluding hydrogens is 610 g/mol. The second-order valence-corrected chi connectivity index (χ2v) is 12.7. The Bertz CT molecular complexity index is 2340. The Morgan fingerprint density at radius 2 is 0.796 bits per heavy atom. The number of rotatable bonds is 5. The van der Waals surface area contributed by atoms with E-state index in [2.05, 4.69) is 72.2 Å². The van der Waals surface area contributed by atoms with E-state index in [1.54, 1.807) is 24.3 Å². The van der Waals surface area contributed by atoms with Crippen molar-refractivity contribution >= 4 is 5.69 Å². The third kappa shape index (κ3) is 5.46. The van der Waals surface area contributed by atoms with Gasteiger partial charge in [-0.2, -0.15) is 0 Å². The van der Waals surface area contributed by atoms with Crippen molar-refractivity contribution in [3.05, 3.63) is 168 Å². The van der Waals surface area contributed by atoms with Crippen LogP contribution in [0.25, 0.3) is 72.4 Å². The van der Waals surface area contributed by atoms with Gasteiger partial charge in [0.15, 0.2) is 23.2 Å². The quantitative estimate of drug-likeness (QED) is 0.176. The van der Waals surface area contributed by atoms with Crippen LogP contribution in [0.15, 0.2) is 133 Å². The molecule has 0 bridgehead atoms. The first kappa shape index (κ1) is 30.0. The topological polar surface area (TPSA) is 43.0 Å². The van der Waals surface area contributed by atoms with Gasteiger partial charge in [-0.15, -0.1) is 0 Å². The standard InChI is InChI=1S/C43H28F2N4/c1-43(2)38-24-32(16-22-36(38)37-23-21-35(46-3)25-39(37)43)28-6-4-26(5-7-28)27-8-10-29(11-9-27)40-47-41(30-12-17-33(44)18-13-30)49-42(48-40)31-14-19-34(45)20-15-31/h4-25H,1-2H3. The minimum atomic E-state index is -0.348.